The largest absolute Gasteiger partial charge is 0.478 e. The maximum atomic E-state index is 11.0. The predicted octanol–water partition coefficient (Wildman–Crippen LogP) is 2.43. The lowest BCUT2D eigenvalue weighted by Crippen LogP contribution is -2.01. The predicted molar refractivity (Wildman–Crippen MR) is 71.5 cm³/mol. The number of fused-ring (bicyclic) bond motifs is 1. The van der Waals surface area contributed by atoms with Crippen LogP contribution in [0.3, 0.4) is 0 Å². The lowest BCUT2D eigenvalue weighted by molar-refractivity contribution is 0.0696. The van der Waals surface area contributed by atoms with Crippen molar-refractivity contribution in [1.29, 1.82) is 0 Å². The molecule has 1 N–H and O–H groups in total. The van der Waals surface area contributed by atoms with Crippen molar-refractivity contribution in [3.8, 4) is 0 Å². The van der Waals surface area contributed by atoms with Crippen LogP contribution in [0.1, 0.15) is 39.2 Å². The van der Waals surface area contributed by atoms with Gasteiger partial charge in [-0.3, -0.25) is 4.68 Å². The lowest BCUT2D eigenvalue weighted by Gasteiger charge is -2.05. The van der Waals surface area contributed by atoms with Gasteiger partial charge in [0.05, 0.1) is 12.2 Å². The van der Waals surface area contributed by atoms with E-state index in [0.29, 0.717) is 12.2 Å². The van der Waals surface area contributed by atoms with Crippen LogP contribution in [0.15, 0.2) is 24.4 Å². The quantitative estimate of drug-likeness (QED) is 0.917. The number of nitrogens with zero attached hydrogens (tertiary/aromatic N) is 2. The van der Waals surface area contributed by atoms with E-state index in [0.717, 1.165) is 6.42 Å². The summed E-state index contributed by atoms with van der Waals surface area (Å²) < 4.78 is 1.70. The Morgan fingerprint density at radius 1 is 1.37 bits per heavy atom. The van der Waals surface area contributed by atoms with Crippen LogP contribution in [-0.4, -0.2) is 20.9 Å². The van der Waals surface area contributed by atoms with Crippen LogP contribution < -0.4 is 0 Å². The monoisotopic (exact) mass is 256 g/mol. The van der Waals surface area contributed by atoms with Gasteiger partial charge in [0, 0.05) is 6.20 Å². The molecule has 0 atom stereocenters. The Balaban J connectivity index is 1.85. The maximum Gasteiger partial charge on any atom is 0.339 e. The van der Waals surface area contributed by atoms with E-state index >= 15 is 0 Å². The molecule has 1 aliphatic carbocycles. The highest BCUT2D eigenvalue weighted by atomic mass is 16.4. The number of carbonyl (C=O) groups is 1. The van der Waals surface area contributed by atoms with Crippen molar-refractivity contribution in [2.75, 3.05) is 0 Å². The van der Waals surface area contributed by atoms with Crippen LogP contribution in [0.4, 0.5) is 0 Å². The van der Waals surface area contributed by atoms with Crippen molar-refractivity contribution in [3.05, 3.63) is 52.3 Å². The van der Waals surface area contributed by atoms with Crippen LogP contribution in [0.2, 0.25) is 0 Å². The van der Waals surface area contributed by atoms with E-state index < -0.39 is 5.97 Å². The minimum Gasteiger partial charge on any atom is -0.478 e. The summed E-state index contributed by atoms with van der Waals surface area (Å²) >= 11 is 0. The molecule has 3 rings (SSSR count). The van der Waals surface area contributed by atoms with Gasteiger partial charge in [-0.05, 0) is 42.9 Å². The summed E-state index contributed by atoms with van der Waals surface area (Å²) in [6, 6.07) is 6.52. The number of carboxylic acid groups (broad SMARTS) is 1. The molecule has 1 heterocycles. The average molecular weight is 256 g/mol. The highest BCUT2D eigenvalue weighted by Crippen LogP contribution is 2.23. The van der Waals surface area contributed by atoms with Crippen LogP contribution in [0.5, 0.6) is 0 Å². The minimum atomic E-state index is -0.919. The van der Waals surface area contributed by atoms with E-state index in [9.17, 15) is 4.79 Å². The molecule has 0 saturated heterocycles. The van der Waals surface area contributed by atoms with Gasteiger partial charge in [0.1, 0.15) is 5.56 Å². The molecule has 0 bridgehead atoms. The summed E-state index contributed by atoms with van der Waals surface area (Å²) in [4.78, 5) is 11.0. The van der Waals surface area contributed by atoms with Gasteiger partial charge in [0.15, 0.2) is 0 Å². The van der Waals surface area contributed by atoms with E-state index in [1.54, 1.807) is 17.8 Å². The molecule has 0 saturated carbocycles. The summed E-state index contributed by atoms with van der Waals surface area (Å²) in [6.07, 6.45) is 5.18. The summed E-state index contributed by atoms with van der Waals surface area (Å²) in [5.41, 5.74) is 4.90. The summed E-state index contributed by atoms with van der Waals surface area (Å²) in [5.74, 6) is -0.919. The topological polar surface area (TPSA) is 55.1 Å². The van der Waals surface area contributed by atoms with E-state index in [1.807, 2.05) is 0 Å². The lowest BCUT2D eigenvalue weighted by atomic mass is 10.1. The molecule has 1 aromatic heterocycles. The second kappa shape index (κ2) is 4.53. The number of hydrogen-bond donors (Lipinski definition) is 1. The van der Waals surface area contributed by atoms with E-state index in [1.165, 1.54) is 29.5 Å². The molecule has 19 heavy (non-hydrogen) atoms. The van der Waals surface area contributed by atoms with Gasteiger partial charge in [0.25, 0.3) is 0 Å². The summed E-state index contributed by atoms with van der Waals surface area (Å²) in [5, 5.41) is 13.3. The Hall–Kier alpha value is -2.10. The second-order valence-corrected chi connectivity index (χ2v) is 5.09. The average Bonchev–Trinajstić information content (AvgIpc) is 2.95. The van der Waals surface area contributed by atoms with Gasteiger partial charge >= 0.3 is 5.97 Å². The molecular weight excluding hydrogens is 240 g/mol. The Morgan fingerprint density at radius 2 is 2.16 bits per heavy atom. The fourth-order valence-electron chi connectivity index (χ4n) is 2.72. The smallest absolute Gasteiger partial charge is 0.339 e. The number of carboxylic acids is 1. The van der Waals surface area contributed by atoms with Gasteiger partial charge < -0.3 is 5.11 Å². The summed E-state index contributed by atoms with van der Waals surface area (Å²) in [7, 11) is 0. The maximum absolute atomic E-state index is 11.0. The minimum absolute atomic E-state index is 0.279. The molecule has 4 heteroatoms. The highest BCUT2D eigenvalue weighted by molar-refractivity contribution is 5.88. The fourth-order valence-corrected chi connectivity index (χ4v) is 2.72. The highest BCUT2D eigenvalue weighted by Gasteiger charge is 2.13. The first-order chi connectivity index (χ1) is 9.13. The molecule has 1 aliphatic rings. The first-order valence-corrected chi connectivity index (χ1v) is 6.51. The van der Waals surface area contributed by atoms with Gasteiger partial charge in [-0.1, -0.05) is 18.2 Å². The van der Waals surface area contributed by atoms with Crippen LogP contribution in [0.25, 0.3) is 0 Å². The van der Waals surface area contributed by atoms with Crippen molar-refractivity contribution in [1.82, 2.24) is 9.78 Å². The van der Waals surface area contributed by atoms with Crippen molar-refractivity contribution < 1.29 is 9.90 Å². The van der Waals surface area contributed by atoms with Crippen LogP contribution in [-0.2, 0) is 19.4 Å². The van der Waals surface area contributed by atoms with Gasteiger partial charge in [0.2, 0.25) is 0 Å². The first kappa shape index (κ1) is 12.0. The van der Waals surface area contributed by atoms with Crippen molar-refractivity contribution >= 4 is 5.97 Å². The fraction of sp³-hybridized carbons (Fsp3) is 0.333. The zero-order chi connectivity index (χ0) is 13.4. The molecular formula is C15H16N2O2. The third-order valence-electron chi connectivity index (χ3n) is 3.68. The van der Waals surface area contributed by atoms with Crippen LogP contribution >= 0.6 is 0 Å². The summed E-state index contributed by atoms with van der Waals surface area (Å²) in [6.45, 7) is 2.35. The molecule has 0 aliphatic heterocycles. The van der Waals surface area contributed by atoms with Crippen LogP contribution in [0, 0.1) is 6.92 Å². The number of benzene rings is 1. The zero-order valence-electron chi connectivity index (χ0n) is 10.9. The van der Waals surface area contributed by atoms with E-state index in [2.05, 4.69) is 23.3 Å². The van der Waals surface area contributed by atoms with E-state index in [-0.39, 0.29) is 5.56 Å². The number of aryl methyl sites for hydroxylation is 3. The second-order valence-electron chi connectivity index (χ2n) is 5.09. The van der Waals surface area contributed by atoms with Gasteiger partial charge in [-0.25, -0.2) is 4.79 Å². The Bertz CT molecular complexity index is 644. The molecule has 1 aromatic carbocycles. The Morgan fingerprint density at radius 3 is 2.89 bits per heavy atom. The SMILES string of the molecule is Cc1nn(Cc2ccc3c(c2)CCC3)cc1C(=O)O. The standard InChI is InChI=1S/C15H16N2O2/c1-10-14(15(18)19)9-17(16-10)8-11-5-6-12-3-2-4-13(12)7-11/h5-7,9H,2-4,8H2,1H3,(H,18,19). The molecule has 2 aromatic rings. The van der Waals surface area contributed by atoms with Crippen molar-refractivity contribution in [2.45, 2.75) is 32.7 Å². The Kier molecular flexibility index (Phi) is 2.85. The normalized spacial score (nSPS) is 13.5. The number of aromatic carboxylic acids is 1. The molecule has 0 amide bonds. The van der Waals surface area contributed by atoms with Gasteiger partial charge in [-0.15, -0.1) is 0 Å². The molecule has 0 fully saturated rings. The first-order valence-electron chi connectivity index (χ1n) is 6.51. The number of aromatic nitrogens is 2. The van der Waals surface area contributed by atoms with Crippen molar-refractivity contribution in [2.24, 2.45) is 0 Å². The third kappa shape index (κ3) is 2.26. The molecule has 0 unspecified atom stereocenters. The van der Waals surface area contributed by atoms with Gasteiger partial charge in [-0.2, -0.15) is 5.10 Å². The number of hydrogen-bond acceptors (Lipinski definition) is 2. The van der Waals surface area contributed by atoms with E-state index in [4.69, 9.17) is 5.11 Å². The number of rotatable bonds is 3. The Labute approximate surface area is 111 Å². The molecule has 98 valence electrons. The molecule has 0 spiro atoms. The molecule has 4 nitrogen and oxygen atoms in total. The zero-order valence-corrected chi connectivity index (χ0v) is 10.9. The molecule has 0 radical (unpaired) electrons. The van der Waals surface area contributed by atoms with Crippen molar-refractivity contribution in [3.63, 3.8) is 0 Å². The third-order valence-corrected chi connectivity index (χ3v) is 3.68.